The van der Waals surface area contributed by atoms with Crippen molar-refractivity contribution in [2.24, 2.45) is 0 Å². The summed E-state index contributed by atoms with van der Waals surface area (Å²) in [7, 11) is 0. The smallest absolute Gasteiger partial charge is 0.137 e. The zero-order chi connectivity index (χ0) is 13.3. The average molecular weight is 273 g/mol. The third kappa shape index (κ3) is 4.40. The molecule has 1 aromatic carbocycles. The molecular weight excluding hydrogens is 258 g/mol. The highest BCUT2D eigenvalue weighted by Gasteiger charge is 2.01. The third-order valence-electron chi connectivity index (χ3n) is 2.57. The quantitative estimate of drug-likeness (QED) is 0.727. The topological polar surface area (TPSA) is 42.2 Å². The number of ether oxygens (including phenoxy) is 2. The summed E-state index contributed by atoms with van der Waals surface area (Å²) in [5.41, 5.74) is 0.557. The summed E-state index contributed by atoms with van der Waals surface area (Å²) >= 11 is 1.74. The summed E-state index contributed by atoms with van der Waals surface area (Å²) in [6.45, 7) is 1.69. The van der Waals surface area contributed by atoms with Gasteiger partial charge in [-0.15, -0.1) is 11.3 Å². The van der Waals surface area contributed by atoms with E-state index in [4.69, 9.17) is 14.7 Å². The number of hydrogen-bond donors (Lipinski definition) is 0. The molecule has 19 heavy (non-hydrogen) atoms. The van der Waals surface area contributed by atoms with E-state index < -0.39 is 0 Å². The minimum Gasteiger partial charge on any atom is -0.490 e. The maximum absolute atomic E-state index is 8.90. The predicted molar refractivity (Wildman–Crippen MR) is 75.5 cm³/mol. The van der Waals surface area contributed by atoms with Gasteiger partial charge in [0, 0.05) is 11.3 Å². The lowest BCUT2D eigenvalue weighted by atomic mass is 10.2. The number of benzene rings is 1. The molecule has 1 aromatic heterocycles. The van der Waals surface area contributed by atoms with Gasteiger partial charge in [-0.2, -0.15) is 5.26 Å². The second-order valence-electron chi connectivity index (χ2n) is 3.90. The number of para-hydroxylation sites is 1. The summed E-state index contributed by atoms with van der Waals surface area (Å²) in [6, 6.07) is 13.5. The molecule has 0 amide bonds. The molecule has 0 unspecified atom stereocenters. The van der Waals surface area contributed by atoms with Crippen molar-refractivity contribution in [2.45, 2.75) is 6.42 Å². The van der Waals surface area contributed by atoms with E-state index in [1.165, 1.54) is 4.88 Å². The van der Waals surface area contributed by atoms with Gasteiger partial charge in [0.15, 0.2) is 0 Å². The van der Waals surface area contributed by atoms with Gasteiger partial charge in [-0.3, -0.25) is 0 Å². The molecule has 0 bridgehead atoms. The summed E-state index contributed by atoms with van der Waals surface area (Å²) in [5, 5.41) is 11.0. The van der Waals surface area contributed by atoms with E-state index in [9.17, 15) is 0 Å². The minimum absolute atomic E-state index is 0.461. The fourth-order valence-electron chi connectivity index (χ4n) is 1.63. The van der Waals surface area contributed by atoms with Crippen LogP contribution < -0.4 is 4.74 Å². The first-order valence-corrected chi connectivity index (χ1v) is 7.00. The van der Waals surface area contributed by atoms with Crippen LogP contribution in [0.25, 0.3) is 0 Å². The first kappa shape index (κ1) is 13.6. The Hall–Kier alpha value is -1.83. The second kappa shape index (κ2) is 7.57. The van der Waals surface area contributed by atoms with Crippen LogP contribution in [-0.4, -0.2) is 19.8 Å². The largest absolute Gasteiger partial charge is 0.490 e. The number of hydrogen-bond acceptors (Lipinski definition) is 4. The standard InChI is InChI=1S/C15H15NO2S/c16-12-13-4-1-2-6-15(13)18-10-9-17-8-7-14-5-3-11-19-14/h1-6,11H,7-10H2. The van der Waals surface area contributed by atoms with E-state index in [1.54, 1.807) is 23.5 Å². The molecule has 0 aliphatic heterocycles. The molecule has 0 saturated carbocycles. The van der Waals surface area contributed by atoms with Crippen molar-refractivity contribution in [1.82, 2.24) is 0 Å². The Morgan fingerprint density at radius 2 is 1.95 bits per heavy atom. The normalized spacial score (nSPS) is 10.1. The summed E-state index contributed by atoms with van der Waals surface area (Å²) in [6.07, 6.45) is 0.937. The van der Waals surface area contributed by atoms with Crippen LogP contribution in [0.3, 0.4) is 0 Å². The van der Waals surface area contributed by atoms with Gasteiger partial charge in [0.05, 0.1) is 18.8 Å². The van der Waals surface area contributed by atoms with Crippen LogP contribution >= 0.6 is 11.3 Å². The Morgan fingerprint density at radius 3 is 2.74 bits per heavy atom. The van der Waals surface area contributed by atoms with Gasteiger partial charge in [0.1, 0.15) is 18.4 Å². The summed E-state index contributed by atoms with van der Waals surface area (Å²) < 4.78 is 11.0. The fraction of sp³-hybridized carbons (Fsp3) is 0.267. The first-order valence-electron chi connectivity index (χ1n) is 6.12. The van der Waals surface area contributed by atoms with E-state index >= 15 is 0 Å². The lowest BCUT2D eigenvalue weighted by Crippen LogP contribution is -2.09. The van der Waals surface area contributed by atoms with Gasteiger partial charge in [-0.1, -0.05) is 18.2 Å². The Morgan fingerprint density at radius 1 is 1.05 bits per heavy atom. The lowest BCUT2D eigenvalue weighted by molar-refractivity contribution is 0.103. The lowest BCUT2D eigenvalue weighted by Gasteiger charge is -2.07. The molecule has 2 aromatic rings. The molecule has 4 heteroatoms. The van der Waals surface area contributed by atoms with Gasteiger partial charge in [0.2, 0.25) is 0 Å². The van der Waals surface area contributed by atoms with Crippen molar-refractivity contribution in [1.29, 1.82) is 5.26 Å². The van der Waals surface area contributed by atoms with Gasteiger partial charge in [-0.25, -0.2) is 0 Å². The third-order valence-corrected chi connectivity index (χ3v) is 3.50. The Kier molecular flexibility index (Phi) is 5.42. The summed E-state index contributed by atoms with van der Waals surface area (Å²) in [5.74, 6) is 0.617. The SMILES string of the molecule is N#Cc1ccccc1OCCOCCc1cccs1. The van der Waals surface area contributed by atoms with Crippen molar-refractivity contribution >= 4 is 11.3 Å². The monoisotopic (exact) mass is 273 g/mol. The molecule has 98 valence electrons. The molecule has 0 saturated heterocycles. The maximum Gasteiger partial charge on any atom is 0.137 e. The van der Waals surface area contributed by atoms with E-state index in [1.807, 2.05) is 18.2 Å². The van der Waals surface area contributed by atoms with Gasteiger partial charge >= 0.3 is 0 Å². The molecule has 0 N–H and O–H groups in total. The van der Waals surface area contributed by atoms with E-state index in [0.717, 1.165) is 6.42 Å². The molecule has 0 atom stereocenters. The van der Waals surface area contributed by atoms with Crippen LogP contribution in [0, 0.1) is 11.3 Å². The highest BCUT2D eigenvalue weighted by atomic mass is 32.1. The van der Waals surface area contributed by atoms with Crippen LogP contribution in [-0.2, 0) is 11.2 Å². The highest BCUT2D eigenvalue weighted by molar-refractivity contribution is 7.09. The molecule has 3 nitrogen and oxygen atoms in total. The molecule has 1 heterocycles. The van der Waals surface area contributed by atoms with Crippen molar-refractivity contribution in [3.63, 3.8) is 0 Å². The van der Waals surface area contributed by atoms with Crippen LogP contribution in [0.5, 0.6) is 5.75 Å². The molecule has 0 aliphatic carbocycles. The van der Waals surface area contributed by atoms with E-state index in [-0.39, 0.29) is 0 Å². The van der Waals surface area contributed by atoms with Gasteiger partial charge in [-0.05, 0) is 23.6 Å². The molecular formula is C15H15NO2S. The Balaban J connectivity index is 1.63. The van der Waals surface area contributed by atoms with Crippen molar-refractivity contribution < 1.29 is 9.47 Å². The molecule has 0 radical (unpaired) electrons. The fourth-order valence-corrected chi connectivity index (χ4v) is 2.32. The number of nitriles is 1. The predicted octanol–water partition coefficient (Wildman–Crippen LogP) is 3.26. The van der Waals surface area contributed by atoms with Crippen LogP contribution in [0.1, 0.15) is 10.4 Å². The zero-order valence-corrected chi connectivity index (χ0v) is 11.4. The van der Waals surface area contributed by atoms with Crippen LogP contribution in [0.2, 0.25) is 0 Å². The highest BCUT2D eigenvalue weighted by Crippen LogP contribution is 2.16. The zero-order valence-electron chi connectivity index (χ0n) is 10.5. The molecule has 2 rings (SSSR count). The molecule has 0 fully saturated rings. The van der Waals surface area contributed by atoms with Crippen molar-refractivity contribution in [3.05, 3.63) is 52.2 Å². The first-order chi connectivity index (χ1) is 9.40. The second-order valence-corrected chi connectivity index (χ2v) is 4.93. The summed E-state index contributed by atoms with van der Waals surface area (Å²) in [4.78, 5) is 1.33. The van der Waals surface area contributed by atoms with Crippen molar-refractivity contribution in [3.8, 4) is 11.8 Å². The van der Waals surface area contributed by atoms with E-state index in [2.05, 4.69) is 17.5 Å². The number of rotatable bonds is 7. The molecule has 0 aliphatic rings. The van der Waals surface area contributed by atoms with Gasteiger partial charge in [0.25, 0.3) is 0 Å². The number of nitrogens with zero attached hydrogens (tertiary/aromatic N) is 1. The Bertz CT molecular complexity index is 531. The van der Waals surface area contributed by atoms with Gasteiger partial charge < -0.3 is 9.47 Å². The minimum atomic E-state index is 0.461. The Labute approximate surface area is 117 Å². The average Bonchev–Trinajstić information content (AvgIpc) is 2.96. The van der Waals surface area contributed by atoms with E-state index in [0.29, 0.717) is 31.1 Å². The van der Waals surface area contributed by atoms with Crippen LogP contribution in [0.15, 0.2) is 41.8 Å². The van der Waals surface area contributed by atoms with Crippen LogP contribution in [0.4, 0.5) is 0 Å². The number of thiophene rings is 1. The maximum atomic E-state index is 8.90. The molecule has 0 spiro atoms. The van der Waals surface area contributed by atoms with Crippen molar-refractivity contribution in [2.75, 3.05) is 19.8 Å².